The summed E-state index contributed by atoms with van der Waals surface area (Å²) in [6, 6.07) is 28.9. The van der Waals surface area contributed by atoms with Crippen LogP contribution in [0.15, 0.2) is 91.0 Å². The molecule has 6 nitrogen and oxygen atoms in total. The smallest absolute Gasteiger partial charge is 0.407 e. The number of carboxylic acids is 1. The third-order valence-corrected chi connectivity index (χ3v) is 7.35. The Hall–Kier alpha value is -4.58. The fourth-order valence-electron chi connectivity index (χ4n) is 5.42. The first-order valence-electron chi connectivity index (χ1n) is 12.8. The molecule has 0 spiro atoms. The fraction of sp³-hybridized carbons (Fsp3) is 0.188. The molecular weight excluding hydrogens is 478 g/mol. The lowest BCUT2D eigenvalue weighted by Gasteiger charge is -2.17. The number of carbonyl (C=O) groups is 2. The quantitative estimate of drug-likeness (QED) is 0.331. The third-order valence-electron chi connectivity index (χ3n) is 7.35. The van der Waals surface area contributed by atoms with E-state index >= 15 is 0 Å². The van der Waals surface area contributed by atoms with Gasteiger partial charge in [-0.2, -0.15) is 0 Å². The number of hydrogen-bond acceptors (Lipinski definition) is 4. The molecule has 0 saturated carbocycles. The van der Waals surface area contributed by atoms with Gasteiger partial charge in [0, 0.05) is 18.8 Å². The Balaban J connectivity index is 1.10. The van der Waals surface area contributed by atoms with Crippen LogP contribution in [0.5, 0.6) is 5.75 Å². The van der Waals surface area contributed by atoms with E-state index in [0.717, 1.165) is 51.1 Å². The summed E-state index contributed by atoms with van der Waals surface area (Å²) in [5.74, 6) is -0.259. The van der Waals surface area contributed by atoms with Crippen molar-refractivity contribution in [3.05, 3.63) is 113 Å². The van der Waals surface area contributed by atoms with E-state index in [4.69, 9.17) is 9.47 Å². The molecular formula is C32H27NO5. The molecule has 6 rings (SSSR count). The maximum atomic E-state index is 12.7. The van der Waals surface area contributed by atoms with Gasteiger partial charge in [0.15, 0.2) is 0 Å². The van der Waals surface area contributed by atoms with Crippen molar-refractivity contribution in [1.29, 1.82) is 0 Å². The summed E-state index contributed by atoms with van der Waals surface area (Å²) in [6.07, 6.45) is 0.317. The van der Waals surface area contributed by atoms with E-state index in [1.54, 1.807) is 0 Å². The summed E-state index contributed by atoms with van der Waals surface area (Å²) in [4.78, 5) is 24.6. The Morgan fingerprint density at radius 3 is 2.24 bits per heavy atom. The molecule has 0 bridgehead atoms. The molecule has 1 atom stereocenters. The van der Waals surface area contributed by atoms with Crippen molar-refractivity contribution in [3.8, 4) is 28.0 Å². The van der Waals surface area contributed by atoms with Gasteiger partial charge < -0.3 is 19.9 Å². The highest BCUT2D eigenvalue weighted by Crippen LogP contribution is 2.44. The number of alkyl carbamates (subject to hydrolysis) is 1. The van der Waals surface area contributed by atoms with Crippen molar-refractivity contribution in [2.75, 3.05) is 13.2 Å². The van der Waals surface area contributed by atoms with Gasteiger partial charge in [0.25, 0.3) is 0 Å². The van der Waals surface area contributed by atoms with Gasteiger partial charge in [-0.25, -0.2) is 9.59 Å². The number of nitrogens with one attached hydrogen (secondary N) is 1. The first-order chi connectivity index (χ1) is 18.6. The van der Waals surface area contributed by atoms with Crippen molar-refractivity contribution < 1.29 is 24.2 Å². The standard InChI is InChI=1S/C32H27NO5/c34-31(35)29(17-20-9-11-21(12-10-20)22-13-14-30-23(18-22)15-16-37-30)33-32(36)38-19-28-26-7-3-1-5-24(26)25-6-2-4-8-27(25)28/h1-14,18,28-29H,15-17,19H2,(H,33,36)(H,34,35)/t29-/m0/s1. The van der Waals surface area contributed by atoms with Crippen molar-refractivity contribution in [1.82, 2.24) is 5.32 Å². The number of hydrogen-bond donors (Lipinski definition) is 2. The van der Waals surface area contributed by atoms with Crippen LogP contribution in [0.4, 0.5) is 4.79 Å². The maximum Gasteiger partial charge on any atom is 0.407 e. The summed E-state index contributed by atoms with van der Waals surface area (Å²) in [5.41, 5.74) is 8.62. The molecule has 4 aromatic rings. The molecule has 190 valence electrons. The van der Waals surface area contributed by atoms with Crippen LogP contribution < -0.4 is 10.1 Å². The fourth-order valence-corrected chi connectivity index (χ4v) is 5.42. The second-order valence-electron chi connectivity index (χ2n) is 9.68. The minimum absolute atomic E-state index is 0.0882. The highest BCUT2D eigenvalue weighted by atomic mass is 16.5. The van der Waals surface area contributed by atoms with Gasteiger partial charge >= 0.3 is 12.1 Å². The van der Waals surface area contributed by atoms with Crippen molar-refractivity contribution in [2.24, 2.45) is 0 Å². The van der Waals surface area contributed by atoms with E-state index in [-0.39, 0.29) is 18.9 Å². The number of amides is 1. The molecule has 38 heavy (non-hydrogen) atoms. The lowest BCUT2D eigenvalue weighted by molar-refractivity contribution is -0.139. The van der Waals surface area contributed by atoms with Crippen LogP contribution in [0.25, 0.3) is 22.3 Å². The topological polar surface area (TPSA) is 84.9 Å². The molecule has 1 amide bonds. The van der Waals surface area contributed by atoms with Crippen LogP contribution in [-0.2, 0) is 22.4 Å². The molecule has 0 radical (unpaired) electrons. The van der Waals surface area contributed by atoms with Crippen LogP contribution in [0, 0.1) is 0 Å². The van der Waals surface area contributed by atoms with Crippen molar-refractivity contribution in [3.63, 3.8) is 0 Å². The highest BCUT2D eigenvalue weighted by Gasteiger charge is 2.29. The SMILES string of the molecule is O=C(N[C@@H](Cc1ccc(-c2ccc3c(c2)CCO3)cc1)C(=O)O)OCC1c2ccccc2-c2ccccc21. The summed E-state index contributed by atoms with van der Waals surface area (Å²) >= 11 is 0. The van der Waals surface area contributed by atoms with E-state index in [1.807, 2.05) is 72.8 Å². The summed E-state index contributed by atoms with van der Waals surface area (Å²) in [6.45, 7) is 0.845. The van der Waals surface area contributed by atoms with Crippen LogP contribution in [0.2, 0.25) is 0 Å². The molecule has 0 aromatic heterocycles. The number of fused-ring (bicyclic) bond motifs is 4. The average molecular weight is 506 g/mol. The van der Waals surface area contributed by atoms with E-state index in [0.29, 0.717) is 6.61 Å². The number of rotatable bonds is 7. The lowest BCUT2D eigenvalue weighted by atomic mass is 9.98. The minimum Gasteiger partial charge on any atom is -0.493 e. The molecule has 2 N–H and O–H groups in total. The first kappa shape index (κ1) is 23.8. The predicted octanol–water partition coefficient (Wildman–Crippen LogP) is 5.82. The Morgan fingerprint density at radius 1 is 0.895 bits per heavy atom. The maximum absolute atomic E-state index is 12.7. The van der Waals surface area contributed by atoms with E-state index in [1.165, 1.54) is 5.56 Å². The zero-order chi connectivity index (χ0) is 26.1. The predicted molar refractivity (Wildman–Crippen MR) is 144 cm³/mol. The normalized spacial score (nSPS) is 14.1. The van der Waals surface area contributed by atoms with Crippen LogP contribution >= 0.6 is 0 Å². The van der Waals surface area contributed by atoms with Gasteiger partial charge in [-0.05, 0) is 56.6 Å². The molecule has 1 aliphatic carbocycles. The first-order valence-corrected chi connectivity index (χ1v) is 12.8. The van der Waals surface area contributed by atoms with Gasteiger partial charge in [0.1, 0.15) is 18.4 Å². The number of benzene rings is 4. The number of aliphatic carboxylic acids is 1. The number of carbonyl (C=O) groups excluding carboxylic acids is 1. The molecule has 0 fully saturated rings. The molecule has 0 saturated heterocycles. The number of carboxylic acid groups (broad SMARTS) is 1. The second-order valence-corrected chi connectivity index (χ2v) is 9.68. The Morgan fingerprint density at radius 2 is 1.55 bits per heavy atom. The van der Waals surface area contributed by atoms with Crippen molar-refractivity contribution >= 4 is 12.1 Å². The van der Waals surface area contributed by atoms with Crippen LogP contribution in [0.1, 0.15) is 28.2 Å². The zero-order valence-electron chi connectivity index (χ0n) is 20.7. The molecule has 1 aliphatic heterocycles. The summed E-state index contributed by atoms with van der Waals surface area (Å²) < 4.78 is 11.1. The van der Waals surface area contributed by atoms with E-state index in [9.17, 15) is 14.7 Å². The number of ether oxygens (including phenoxy) is 2. The molecule has 1 heterocycles. The molecule has 6 heteroatoms. The molecule has 2 aliphatic rings. The lowest BCUT2D eigenvalue weighted by Crippen LogP contribution is -2.42. The van der Waals surface area contributed by atoms with E-state index < -0.39 is 18.1 Å². The molecule has 0 unspecified atom stereocenters. The Kier molecular flexibility index (Phi) is 6.30. The van der Waals surface area contributed by atoms with Gasteiger partial charge in [0.2, 0.25) is 0 Å². The zero-order valence-corrected chi connectivity index (χ0v) is 20.7. The monoisotopic (exact) mass is 505 g/mol. The Bertz CT molecular complexity index is 1470. The third kappa shape index (κ3) is 4.61. The second kappa shape index (κ2) is 10.1. The van der Waals surface area contributed by atoms with Crippen LogP contribution in [-0.4, -0.2) is 36.4 Å². The van der Waals surface area contributed by atoms with Crippen molar-refractivity contribution in [2.45, 2.75) is 24.8 Å². The van der Waals surface area contributed by atoms with Crippen LogP contribution in [0.3, 0.4) is 0 Å². The van der Waals surface area contributed by atoms with E-state index in [2.05, 4.69) is 23.5 Å². The Labute approximate surface area is 220 Å². The van der Waals surface area contributed by atoms with Gasteiger partial charge in [-0.15, -0.1) is 0 Å². The average Bonchev–Trinajstić information content (AvgIpc) is 3.54. The highest BCUT2D eigenvalue weighted by molar-refractivity contribution is 5.81. The largest absolute Gasteiger partial charge is 0.493 e. The molecule has 4 aromatic carbocycles. The van der Waals surface area contributed by atoms with Gasteiger partial charge in [0.05, 0.1) is 6.61 Å². The summed E-state index contributed by atoms with van der Waals surface area (Å²) in [5, 5.41) is 12.3. The minimum atomic E-state index is -1.11. The summed E-state index contributed by atoms with van der Waals surface area (Å²) in [7, 11) is 0. The van der Waals surface area contributed by atoms with Gasteiger partial charge in [-0.3, -0.25) is 0 Å². The van der Waals surface area contributed by atoms with Gasteiger partial charge in [-0.1, -0.05) is 78.9 Å².